The Labute approximate surface area is 378 Å². The summed E-state index contributed by atoms with van der Waals surface area (Å²) in [5.74, 6) is 1.71. The molecule has 45 heavy (non-hydrogen) atoms. The molecule has 0 amide bonds. The fraction of sp³-hybridized carbons (Fsp3) is 1.00. The van der Waals surface area contributed by atoms with Crippen LogP contribution in [0, 0.1) is 5.92 Å². The average molecular weight is 994 g/mol. The predicted octanol–water partition coefficient (Wildman–Crippen LogP) is 10.7. The summed E-state index contributed by atoms with van der Waals surface area (Å²) in [5.41, 5.74) is 0. The Kier molecular flexibility index (Phi) is 38.3. The fourth-order valence-corrected chi connectivity index (χ4v) is 18.6. The molecule has 0 saturated heterocycles. The van der Waals surface area contributed by atoms with E-state index in [1.165, 1.54) is 0 Å². The van der Waals surface area contributed by atoms with Gasteiger partial charge in [0, 0.05) is 94.5 Å². The summed E-state index contributed by atoms with van der Waals surface area (Å²) in [7, 11) is 0. The van der Waals surface area contributed by atoms with Crippen LogP contribution in [-0.4, -0.2) is 99.1 Å². The number of rotatable bonds is 30. The molecule has 0 spiro atoms. The molecule has 20 heteroatoms. The Balaban J connectivity index is 6.04. The van der Waals surface area contributed by atoms with Crippen molar-refractivity contribution in [1.29, 1.82) is 0 Å². The second kappa shape index (κ2) is 33.2. The third-order valence-electron chi connectivity index (χ3n) is 7.11. The molecule has 10 unspecified atom stereocenters. The van der Waals surface area contributed by atoms with Gasteiger partial charge in [-0.05, 0) is 38.0 Å². The van der Waals surface area contributed by atoms with Crippen LogP contribution in [0.2, 0.25) is 0 Å². The minimum absolute atomic E-state index is 0.115. The third kappa shape index (κ3) is 23.0. The van der Waals surface area contributed by atoms with Gasteiger partial charge in [0.2, 0.25) is 0 Å². The van der Waals surface area contributed by atoms with Crippen LogP contribution in [0.3, 0.4) is 0 Å². The van der Waals surface area contributed by atoms with E-state index in [0.717, 1.165) is 74.1 Å². The first-order valence-electron chi connectivity index (χ1n) is 14.1. The van der Waals surface area contributed by atoms with Gasteiger partial charge in [0.1, 0.15) is 0 Å². The minimum atomic E-state index is 0.115. The lowest BCUT2D eigenvalue weighted by Gasteiger charge is -2.36. The van der Waals surface area contributed by atoms with E-state index in [4.69, 9.17) is 75.8 Å². The average Bonchev–Trinajstić information content (AvgIpc) is 3.01. The quantitative estimate of drug-likeness (QED) is 0.0254. The zero-order chi connectivity index (χ0) is 34.4. The Hall–Kier alpha value is 7.00. The zero-order valence-electron chi connectivity index (χ0n) is 24.8. The molecule has 0 aromatic heterocycles. The van der Waals surface area contributed by atoms with Crippen LogP contribution in [0.25, 0.3) is 0 Å². The largest absolute Gasteiger partial charge is 0.178 e. The van der Waals surface area contributed by atoms with Crippen LogP contribution in [0.15, 0.2) is 0 Å². The maximum absolute atomic E-state index is 5.31. The first kappa shape index (κ1) is 52.0. The second-order valence-electron chi connectivity index (χ2n) is 9.97. The highest BCUT2D eigenvalue weighted by atomic mass is 32.2. The van der Waals surface area contributed by atoms with Crippen molar-refractivity contribution in [3.63, 3.8) is 0 Å². The molecule has 0 saturated carbocycles. The molecule has 0 fully saturated rings. The van der Waals surface area contributed by atoms with Gasteiger partial charge in [0.15, 0.2) is 0 Å². The van der Waals surface area contributed by atoms with Gasteiger partial charge in [-0.1, -0.05) is 0 Å². The van der Waals surface area contributed by atoms with E-state index < -0.39 is 0 Å². The third-order valence-corrected chi connectivity index (χ3v) is 22.0. The van der Waals surface area contributed by atoms with Gasteiger partial charge in [-0.15, -0.1) is 70.6 Å². The second-order valence-corrected chi connectivity index (χ2v) is 26.7. The summed E-state index contributed by atoms with van der Waals surface area (Å²) in [6.07, 6.45) is 4.67. The van der Waals surface area contributed by atoms with Gasteiger partial charge in [-0.25, -0.2) is 0 Å². The molecule has 0 aliphatic heterocycles. The smallest absolute Gasteiger partial charge is 0.0522 e. The highest BCUT2D eigenvalue weighted by molar-refractivity contribution is 8.23. The normalized spacial score (nSPS) is 19.8. The molecule has 0 aliphatic carbocycles. The van der Waals surface area contributed by atoms with E-state index in [1.54, 1.807) is 0 Å². The van der Waals surface area contributed by atoms with E-state index in [-0.39, 0.29) is 37.4 Å². The highest BCUT2D eigenvalue weighted by Gasteiger charge is 2.35. The summed E-state index contributed by atoms with van der Waals surface area (Å²) < 4.78 is 0.365. The van der Waals surface area contributed by atoms with E-state index in [0.29, 0.717) is 25.6 Å². The Bertz CT molecular complexity index is 629. The van der Waals surface area contributed by atoms with Crippen molar-refractivity contribution in [2.24, 2.45) is 5.92 Å². The summed E-state index contributed by atoms with van der Waals surface area (Å²) in [6, 6.07) is 0. The van der Waals surface area contributed by atoms with Crippen molar-refractivity contribution < 1.29 is 0 Å². The molecule has 0 N–H and O–H groups in total. The molecule has 10 atom stereocenters. The van der Waals surface area contributed by atoms with Gasteiger partial charge in [-0.2, -0.15) is 177 Å². The standard InChI is InChI=1S/C25H52S20/c26-6-19(38)23(42-10-30)4-21(40-8-28)17(36)2-15(34)14(1-25(44-12-32)45-13-33)16(35)3-18(37)22(41-9-29)5-24(43-11-31)20(39)7-27/h14-39H,1-13H2. The van der Waals surface area contributed by atoms with Gasteiger partial charge >= 0.3 is 0 Å². The van der Waals surface area contributed by atoms with Crippen LogP contribution < -0.4 is 0 Å². The number of hydrogen-bond donors (Lipinski definition) is 14. The van der Waals surface area contributed by atoms with Crippen molar-refractivity contribution >= 4 is 247 Å². The first-order chi connectivity index (χ1) is 21.5. The van der Waals surface area contributed by atoms with Crippen LogP contribution >= 0.6 is 247 Å². The molecule has 0 radical (unpaired) electrons. The molecule has 272 valence electrons. The van der Waals surface area contributed by atoms with E-state index in [9.17, 15) is 0 Å². The number of thiol groups is 14. The van der Waals surface area contributed by atoms with Crippen molar-refractivity contribution in [2.45, 2.75) is 89.2 Å². The fourth-order valence-electron chi connectivity index (χ4n) is 4.71. The summed E-state index contributed by atoms with van der Waals surface area (Å²) in [6.45, 7) is 0. The SMILES string of the molecule is SCSC(CC(C(S)CC(S)C(CC(SCS)C(S)CS)SCS)C(S)CC(S)C(CC(SCS)C(S)CS)SCS)SCS. The van der Waals surface area contributed by atoms with Crippen LogP contribution in [0.4, 0.5) is 0 Å². The lowest BCUT2D eigenvalue weighted by atomic mass is 9.90. The van der Waals surface area contributed by atoms with Crippen LogP contribution in [-0.2, 0) is 0 Å². The molecule has 0 rings (SSSR count). The molecule has 0 aromatic rings. The summed E-state index contributed by atoms with van der Waals surface area (Å²) in [5, 5.41) is 6.76. The van der Waals surface area contributed by atoms with Gasteiger partial charge < -0.3 is 0 Å². The van der Waals surface area contributed by atoms with Crippen LogP contribution in [0.5, 0.6) is 0 Å². The maximum atomic E-state index is 5.31. The van der Waals surface area contributed by atoms with Gasteiger partial charge in [-0.3, -0.25) is 0 Å². The monoisotopic (exact) mass is 992 g/mol. The number of hydrogen-bond acceptors (Lipinski definition) is 20. The van der Waals surface area contributed by atoms with Crippen molar-refractivity contribution in [3.05, 3.63) is 0 Å². The van der Waals surface area contributed by atoms with Gasteiger partial charge in [0.25, 0.3) is 0 Å². The van der Waals surface area contributed by atoms with E-state index in [2.05, 4.69) is 101 Å². The lowest BCUT2D eigenvalue weighted by Crippen LogP contribution is -2.36. The van der Waals surface area contributed by atoms with E-state index in [1.807, 2.05) is 70.6 Å². The van der Waals surface area contributed by atoms with Crippen molar-refractivity contribution in [2.75, 3.05) is 42.0 Å². The maximum Gasteiger partial charge on any atom is 0.0522 e. The molecular formula is C25H52S20. The Morgan fingerprint density at radius 1 is 0.311 bits per heavy atom. The predicted molar refractivity (Wildman–Crippen MR) is 279 cm³/mol. The molecule has 0 bridgehead atoms. The molecular weight excluding hydrogens is 942 g/mol. The summed E-state index contributed by atoms with van der Waals surface area (Å²) in [4.78, 5) is 0. The zero-order valence-corrected chi connectivity index (χ0v) is 42.3. The molecule has 0 aliphatic rings. The number of thioether (sulfide) groups is 6. The van der Waals surface area contributed by atoms with Crippen LogP contribution in [0.1, 0.15) is 32.1 Å². The molecule has 0 aromatic carbocycles. The topological polar surface area (TPSA) is 0 Å². The van der Waals surface area contributed by atoms with Gasteiger partial charge in [0.05, 0.1) is 4.58 Å². The minimum Gasteiger partial charge on any atom is -0.178 e. The molecule has 0 nitrogen and oxygen atoms in total. The highest BCUT2D eigenvalue weighted by Crippen LogP contribution is 2.42. The Morgan fingerprint density at radius 2 is 0.600 bits per heavy atom. The Morgan fingerprint density at radius 3 is 0.867 bits per heavy atom. The lowest BCUT2D eigenvalue weighted by molar-refractivity contribution is 0.426. The summed E-state index contributed by atoms with van der Waals surface area (Å²) >= 11 is 78.1. The van der Waals surface area contributed by atoms with Crippen molar-refractivity contribution in [1.82, 2.24) is 0 Å². The first-order valence-corrected chi connectivity index (χ1v) is 28.6. The van der Waals surface area contributed by atoms with Crippen molar-refractivity contribution in [3.8, 4) is 0 Å². The molecule has 0 heterocycles. The van der Waals surface area contributed by atoms with E-state index >= 15 is 0 Å².